The molecular weight excluding hydrogens is 408 g/mol. The van der Waals surface area contributed by atoms with E-state index >= 15 is 0 Å². The van der Waals surface area contributed by atoms with Crippen molar-refractivity contribution in [2.45, 2.75) is 58.5 Å². The normalized spacial score (nSPS) is 18.0. The highest BCUT2D eigenvalue weighted by Gasteiger charge is 2.45. The molecule has 1 aromatic heterocycles. The van der Waals surface area contributed by atoms with E-state index in [9.17, 15) is 9.59 Å². The summed E-state index contributed by atoms with van der Waals surface area (Å²) in [5, 5.41) is 2.29. The van der Waals surface area contributed by atoms with Crippen LogP contribution in [0.2, 0.25) is 0 Å². The molecule has 2 aromatic rings. The Balaban J connectivity index is 1.84. The van der Waals surface area contributed by atoms with Crippen molar-refractivity contribution < 1.29 is 19.0 Å². The van der Waals surface area contributed by atoms with Gasteiger partial charge in [0.05, 0.1) is 30.5 Å². The highest BCUT2D eigenvalue weighted by atomic mass is 16.5. The second kappa shape index (κ2) is 8.62. The van der Waals surface area contributed by atoms with Crippen molar-refractivity contribution in [1.82, 2.24) is 4.68 Å². The number of pyridine rings is 1. The highest BCUT2D eigenvalue weighted by Crippen LogP contribution is 2.49. The van der Waals surface area contributed by atoms with Crippen LogP contribution < -0.4 is 15.2 Å². The quantitative estimate of drug-likeness (QED) is 0.479. The van der Waals surface area contributed by atoms with E-state index in [1.54, 1.807) is 26.3 Å². The Morgan fingerprint density at radius 1 is 1.22 bits per heavy atom. The molecule has 1 fully saturated rings. The molecule has 0 N–H and O–H groups in total. The maximum atomic E-state index is 12.9. The number of methoxy groups -OCH3 is 1. The van der Waals surface area contributed by atoms with Gasteiger partial charge >= 0.3 is 5.97 Å². The number of esters is 1. The molecule has 0 radical (unpaired) electrons. The van der Waals surface area contributed by atoms with Gasteiger partial charge in [0.25, 0.3) is 0 Å². The number of aromatic nitrogens is 1. The van der Waals surface area contributed by atoms with E-state index in [1.165, 1.54) is 0 Å². The van der Waals surface area contributed by atoms with E-state index < -0.39 is 5.97 Å². The molecule has 0 amide bonds. The van der Waals surface area contributed by atoms with Crippen LogP contribution in [0.1, 0.15) is 67.6 Å². The number of rotatable bonds is 7. The third-order valence-corrected chi connectivity index (χ3v) is 6.44. The minimum Gasteiger partial charge on any atom is -0.493 e. The van der Waals surface area contributed by atoms with Crippen LogP contribution in [0.3, 0.4) is 0 Å². The van der Waals surface area contributed by atoms with Gasteiger partial charge in [0, 0.05) is 38.0 Å². The highest BCUT2D eigenvalue weighted by molar-refractivity contribution is 5.89. The van der Waals surface area contributed by atoms with Gasteiger partial charge in [-0.15, -0.1) is 0 Å². The van der Waals surface area contributed by atoms with Crippen LogP contribution in [0.4, 0.5) is 0 Å². The average molecular weight is 441 g/mol. The van der Waals surface area contributed by atoms with E-state index in [-0.39, 0.29) is 29.2 Å². The van der Waals surface area contributed by atoms with Crippen molar-refractivity contribution >= 4 is 5.97 Å². The first-order valence-electron chi connectivity index (χ1n) is 11.3. The third kappa shape index (κ3) is 3.79. The molecule has 7 heteroatoms. The molecule has 172 valence electrons. The molecule has 0 saturated carbocycles. The Bertz CT molecular complexity index is 1090. The predicted octanol–water partition coefficient (Wildman–Crippen LogP) is 3.98. The third-order valence-electron chi connectivity index (χ3n) is 6.44. The van der Waals surface area contributed by atoms with Gasteiger partial charge in [0.15, 0.2) is 5.43 Å². The van der Waals surface area contributed by atoms with Gasteiger partial charge < -0.3 is 14.2 Å². The van der Waals surface area contributed by atoms with Gasteiger partial charge in [-0.25, -0.2) is 4.79 Å². The Kier molecular flexibility index (Phi) is 6.03. The molecule has 1 saturated heterocycles. The molecule has 0 unspecified atom stereocenters. The van der Waals surface area contributed by atoms with Gasteiger partial charge in [-0.2, -0.15) is 0 Å². The van der Waals surface area contributed by atoms with Gasteiger partial charge in [-0.1, -0.05) is 0 Å². The number of hydrogen-bond acceptors (Lipinski definition) is 6. The van der Waals surface area contributed by atoms with Crippen molar-refractivity contribution in [2.24, 2.45) is 0 Å². The molecule has 1 aromatic carbocycles. The summed E-state index contributed by atoms with van der Waals surface area (Å²) in [5.74, 6) is 0.284. The summed E-state index contributed by atoms with van der Waals surface area (Å²) in [5.41, 5.74) is 3.58. The summed E-state index contributed by atoms with van der Waals surface area (Å²) in [6.07, 6.45) is 4.45. The summed E-state index contributed by atoms with van der Waals surface area (Å²) in [6.45, 7) is 9.63. The van der Waals surface area contributed by atoms with Crippen molar-refractivity contribution in [2.75, 3.05) is 31.9 Å². The minimum atomic E-state index is -0.580. The topological polar surface area (TPSA) is 70.0 Å². The average Bonchev–Trinajstić information content (AvgIpc) is 3.07. The lowest BCUT2D eigenvalue weighted by atomic mass is 9.92. The first kappa shape index (κ1) is 22.4. The maximum Gasteiger partial charge on any atom is 0.343 e. The Morgan fingerprint density at radius 2 is 2.00 bits per heavy atom. The second-order valence-corrected chi connectivity index (χ2v) is 9.11. The fourth-order valence-corrected chi connectivity index (χ4v) is 4.88. The van der Waals surface area contributed by atoms with E-state index in [1.807, 2.05) is 11.6 Å². The lowest BCUT2D eigenvalue weighted by Gasteiger charge is -2.44. The lowest BCUT2D eigenvalue weighted by molar-refractivity contribution is 0.0523. The number of carbonyl (C=O) groups excluding carboxylic acids is 1. The number of hydrogen-bond donors (Lipinski definition) is 0. The van der Waals surface area contributed by atoms with E-state index in [0.29, 0.717) is 13.2 Å². The van der Waals surface area contributed by atoms with Crippen LogP contribution in [0.5, 0.6) is 5.75 Å². The zero-order valence-electron chi connectivity index (χ0n) is 19.6. The van der Waals surface area contributed by atoms with Gasteiger partial charge in [-0.3, -0.25) is 14.5 Å². The predicted molar refractivity (Wildman–Crippen MR) is 123 cm³/mol. The van der Waals surface area contributed by atoms with Gasteiger partial charge in [0.1, 0.15) is 11.3 Å². The second-order valence-electron chi connectivity index (χ2n) is 9.11. The van der Waals surface area contributed by atoms with Gasteiger partial charge in [-0.05, 0) is 63.8 Å². The zero-order chi connectivity index (χ0) is 23.0. The summed E-state index contributed by atoms with van der Waals surface area (Å²) in [4.78, 5) is 25.3. The Labute approximate surface area is 188 Å². The van der Waals surface area contributed by atoms with E-state index in [0.717, 1.165) is 47.4 Å². The molecule has 1 atom stereocenters. The Morgan fingerprint density at radius 3 is 2.72 bits per heavy atom. The number of benzene rings is 1. The first-order valence-corrected chi connectivity index (χ1v) is 11.3. The van der Waals surface area contributed by atoms with E-state index in [4.69, 9.17) is 14.2 Å². The fourth-order valence-electron chi connectivity index (χ4n) is 4.88. The zero-order valence-corrected chi connectivity index (χ0v) is 19.6. The number of nitrogens with zero attached hydrogens (tertiary/aromatic N) is 2. The lowest BCUT2D eigenvalue weighted by Crippen LogP contribution is -2.50. The van der Waals surface area contributed by atoms with Crippen LogP contribution in [0.15, 0.2) is 29.2 Å². The number of ether oxygens (including phenoxy) is 3. The molecule has 2 aliphatic rings. The van der Waals surface area contributed by atoms with Crippen molar-refractivity contribution in [3.05, 3.63) is 51.3 Å². The number of fused-ring (bicyclic) bond motifs is 6. The van der Waals surface area contributed by atoms with Crippen LogP contribution >= 0.6 is 0 Å². The van der Waals surface area contributed by atoms with Gasteiger partial charge in [0.2, 0.25) is 0 Å². The summed E-state index contributed by atoms with van der Waals surface area (Å²) < 4.78 is 18.3. The summed E-state index contributed by atoms with van der Waals surface area (Å²) in [7, 11) is 1.69. The van der Waals surface area contributed by atoms with Crippen molar-refractivity contribution in [3.8, 4) is 17.0 Å². The molecule has 0 bridgehead atoms. The number of carbonyl (C=O) groups is 1. The molecule has 32 heavy (non-hydrogen) atoms. The molecular formula is C25H32N2O5. The Hall–Kier alpha value is -2.80. The van der Waals surface area contributed by atoms with Crippen LogP contribution in [0, 0.1) is 6.92 Å². The van der Waals surface area contributed by atoms with Crippen LogP contribution in [-0.4, -0.2) is 43.1 Å². The molecule has 0 aliphatic carbocycles. The molecule has 2 aliphatic heterocycles. The van der Waals surface area contributed by atoms with Crippen molar-refractivity contribution in [3.63, 3.8) is 0 Å². The summed E-state index contributed by atoms with van der Waals surface area (Å²) in [6, 6.07) is 5.92. The molecule has 0 spiro atoms. The van der Waals surface area contributed by atoms with Crippen LogP contribution in [0.25, 0.3) is 11.3 Å². The first-order chi connectivity index (χ1) is 15.3. The largest absolute Gasteiger partial charge is 0.493 e. The van der Waals surface area contributed by atoms with Crippen LogP contribution in [-0.2, 0) is 9.47 Å². The van der Waals surface area contributed by atoms with Crippen molar-refractivity contribution in [1.29, 1.82) is 0 Å². The maximum absolute atomic E-state index is 12.9. The number of aryl methyl sites for hydroxylation is 1. The smallest absolute Gasteiger partial charge is 0.343 e. The minimum absolute atomic E-state index is 0.0651. The van der Waals surface area contributed by atoms with E-state index in [2.05, 4.69) is 31.0 Å². The standard InChI is InChI=1S/C25H32N2O5/c1-6-31-24(29)19-15-26-21(14-22(19)28)17-12-16(2)23(32-11-7-10-30-5)13-18(17)20-8-9-25(3,4)27(20)26/h12-15,20H,6-11H2,1-5H3/t20-/m1/s1. The SMILES string of the molecule is CCOC(=O)c1cn2c(cc1=O)-c1cc(C)c(OCCCOC)cc1[C@H]1CCC(C)(C)N12. The molecule has 4 rings (SSSR count). The fraction of sp³-hybridized carbons (Fsp3) is 0.520. The molecule has 7 nitrogen and oxygen atoms in total. The monoisotopic (exact) mass is 440 g/mol. The summed E-state index contributed by atoms with van der Waals surface area (Å²) >= 11 is 0. The molecule has 3 heterocycles.